The van der Waals surface area contributed by atoms with Crippen LogP contribution in [0.4, 0.5) is 5.82 Å². The average Bonchev–Trinajstić information content (AvgIpc) is 3.22. The van der Waals surface area contributed by atoms with Gasteiger partial charge in [-0.25, -0.2) is 18.4 Å². The van der Waals surface area contributed by atoms with Crippen LogP contribution in [0.15, 0.2) is 24.5 Å². The molecule has 1 aliphatic carbocycles. The lowest BCUT2D eigenvalue weighted by Gasteiger charge is -2.08. The van der Waals surface area contributed by atoms with E-state index in [4.69, 9.17) is 0 Å². The monoisotopic (exact) mass is 307 g/mol. The van der Waals surface area contributed by atoms with Crippen molar-refractivity contribution in [3.63, 3.8) is 0 Å². The molecule has 0 aromatic carbocycles. The lowest BCUT2D eigenvalue weighted by Crippen LogP contribution is -2.19. The minimum absolute atomic E-state index is 0.0760. The quantitative estimate of drug-likeness (QED) is 0.877. The second-order valence-corrected chi connectivity index (χ2v) is 6.95. The summed E-state index contributed by atoms with van der Waals surface area (Å²) in [6.07, 6.45) is 5.94. The number of hydrogen-bond donors (Lipinski definition) is 1. The fraction of sp³-hybridized carbons (Fsp3) is 0.462. The van der Waals surface area contributed by atoms with Gasteiger partial charge >= 0.3 is 0 Å². The number of anilines is 1. The lowest BCUT2D eigenvalue weighted by atomic mass is 10.3. The van der Waals surface area contributed by atoms with Gasteiger partial charge in [0, 0.05) is 24.4 Å². The summed E-state index contributed by atoms with van der Waals surface area (Å²) in [5.41, 5.74) is 0.886. The first-order chi connectivity index (χ1) is 10.1. The molecule has 2 aromatic heterocycles. The van der Waals surface area contributed by atoms with Crippen molar-refractivity contribution in [3.8, 4) is 5.95 Å². The Balaban J connectivity index is 1.98. The van der Waals surface area contributed by atoms with Crippen LogP contribution in [0.2, 0.25) is 0 Å². The number of nitrogens with one attached hydrogen (secondary N) is 1. The first kappa shape index (κ1) is 14.0. The first-order valence-corrected chi connectivity index (χ1v) is 8.62. The minimum Gasteiger partial charge on any atom is -0.267 e. The normalized spacial score (nSPS) is 15.1. The third-order valence-electron chi connectivity index (χ3n) is 3.20. The van der Waals surface area contributed by atoms with Gasteiger partial charge in [-0.1, -0.05) is 6.92 Å². The molecule has 0 aliphatic heterocycles. The van der Waals surface area contributed by atoms with Crippen LogP contribution in [-0.4, -0.2) is 33.9 Å². The molecule has 0 radical (unpaired) electrons. The Morgan fingerprint density at radius 3 is 2.67 bits per heavy atom. The molecule has 1 saturated carbocycles. The van der Waals surface area contributed by atoms with Crippen LogP contribution in [0.5, 0.6) is 0 Å². The number of aromatic nitrogens is 4. The fourth-order valence-corrected chi connectivity index (χ4v) is 3.19. The van der Waals surface area contributed by atoms with Crippen LogP contribution in [0, 0.1) is 0 Å². The van der Waals surface area contributed by atoms with Crippen molar-refractivity contribution in [3.05, 3.63) is 30.2 Å². The van der Waals surface area contributed by atoms with E-state index >= 15 is 0 Å². The SMILES string of the molecule is CCCS(=O)(=O)Nc1cc(C2CC2)nn1-c1ncccn1. The Morgan fingerprint density at radius 1 is 1.33 bits per heavy atom. The third kappa shape index (κ3) is 3.21. The molecule has 7 nitrogen and oxygen atoms in total. The van der Waals surface area contributed by atoms with E-state index in [1.807, 2.05) is 6.92 Å². The Labute approximate surface area is 123 Å². The van der Waals surface area contributed by atoms with Gasteiger partial charge in [-0.2, -0.15) is 9.78 Å². The standard InChI is InChI=1S/C13H17N5O2S/c1-2-8-21(19,20)17-12-9-11(10-4-5-10)16-18(12)13-14-6-3-7-15-13/h3,6-7,9-10,17H,2,4-5,8H2,1H3. The zero-order chi connectivity index (χ0) is 14.9. The van der Waals surface area contributed by atoms with Crippen LogP contribution < -0.4 is 4.72 Å². The van der Waals surface area contributed by atoms with Gasteiger partial charge in [0.25, 0.3) is 5.95 Å². The highest BCUT2D eigenvalue weighted by Crippen LogP contribution is 2.40. The molecule has 112 valence electrons. The van der Waals surface area contributed by atoms with E-state index in [2.05, 4.69) is 19.8 Å². The molecular formula is C13H17N5O2S. The van der Waals surface area contributed by atoms with Crippen molar-refractivity contribution in [2.24, 2.45) is 0 Å². The van der Waals surface area contributed by atoms with Gasteiger partial charge in [0.1, 0.15) is 5.82 Å². The second kappa shape index (κ2) is 5.44. The smallest absolute Gasteiger partial charge is 0.252 e. The second-order valence-electron chi connectivity index (χ2n) is 5.11. The summed E-state index contributed by atoms with van der Waals surface area (Å²) < 4.78 is 28.0. The molecule has 2 aromatic rings. The molecule has 0 unspecified atom stereocenters. The van der Waals surface area contributed by atoms with Gasteiger partial charge in [-0.3, -0.25) is 4.72 Å². The van der Waals surface area contributed by atoms with Crippen molar-refractivity contribution in [2.45, 2.75) is 32.1 Å². The zero-order valence-electron chi connectivity index (χ0n) is 11.7. The maximum absolute atomic E-state index is 12.0. The summed E-state index contributed by atoms with van der Waals surface area (Å²) in [4.78, 5) is 8.27. The maximum Gasteiger partial charge on any atom is 0.252 e. The van der Waals surface area contributed by atoms with Gasteiger partial charge in [-0.05, 0) is 25.3 Å². The van der Waals surface area contributed by atoms with Gasteiger partial charge < -0.3 is 0 Å². The minimum atomic E-state index is -3.37. The van der Waals surface area contributed by atoms with E-state index in [-0.39, 0.29) is 5.75 Å². The molecule has 0 atom stereocenters. The van der Waals surface area contributed by atoms with Crippen LogP contribution in [-0.2, 0) is 10.0 Å². The predicted octanol–water partition coefficient (Wildman–Crippen LogP) is 1.69. The van der Waals surface area contributed by atoms with E-state index < -0.39 is 10.0 Å². The molecule has 1 fully saturated rings. The molecule has 0 saturated heterocycles. The van der Waals surface area contributed by atoms with Crippen molar-refractivity contribution in [2.75, 3.05) is 10.5 Å². The highest BCUT2D eigenvalue weighted by molar-refractivity contribution is 7.92. The molecule has 0 spiro atoms. The van der Waals surface area contributed by atoms with Crippen molar-refractivity contribution in [1.82, 2.24) is 19.7 Å². The van der Waals surface area contributed by atoms with Gasteiger partial charge in [0.05, 0.1) is 11.4 Å². The number of hydrogen-bond acceptors (Lipinski definition) is 5. The van der Waals surface area contributed by atoms with E-state index in [1.54, 1.807) is 24.5 Å². The van der Waals surface area contributed by atoms with E-state index in [0.717, 1.165) is 18.5 Å². The molecule has 8 heteroatoms. The van der Waals surface area contributed by atoms with Crippen LogP contribution in [0.25, 0.3) is 5.95 Å². The van der Waals surface area contributed by atoms with Crippen molar-refractivity contribution >= 4 is 15.8 Å². The molecule has 3 rings (SSSR count). The Kier molecular flexibility index (Phi) is 3.62. The van der Waals surface area contributed by atoms with Crippen LogP contribution in [0.3, 0.4) is 0 Å². The van der Waals surface area contributed by atoms with Gasteiger partial charge in [0.2, 0.25) is 10.0 Å². The number of nitrogens with zero attached hydrogens (tertiary/aromatic N) is 4. The molecule has 1 aliphatic rings. The summed E-state index contributed by atoms with van der Waals surface area (Å²) in [5, 5.41) is 4.45. The molecule has 2 heterocycles. The van der Waals surface area contributed by atoms with E-state index in [1.165, 1.54) is 4.68 Å². The molecular weight excluding hydrogens is 290 g/mol. The lowest BCUT2D eigenvalue weighted by molar-refractivity contribution is 0.599. The third-order valence-corrected chi connectivity index (χ3v) is 4.66. The maximum atomic E-state index is 12.0. The molecule has 21 heavy (non-hydrogen) atoms. The summed E-state index contributed by atoms with van der Waals surface area (Å²) in [7, 11) is -3.37. The first-order valence-electron chi connectivity index (χ1n) is 6.97. The summed E-state index contributed by atoms with van der Waals surface area (Å²) in [6, 6.07) is 3.48. The number of sulfonamides is 1. The molecule has 1 N–H and O–H groups in total. The topological polar surface area (TPSA) is 89.8 Å². The number of rotatable bonds is 6. The Hall–Kier alpha value is -1.96. The van der Waals surface area contributed by atoms with E-state index in [0.29, 0.717) is 24.1 Å². The van der Waals surface area contributed by atoms with Gasteiger partial charge in [-0.15, -0.1) is 0 Å². The van der Waals surface area contributed by atoms with Crippen LogP contribution >= 0.6 is 0 Å². The average molecular weight is 307 g/mol. The van der Waals surface area contributed by atoms with Gasteiger partial charge in [0.15, 0.2) is 0 Å². The molecule has 0 bridgehead atoms. The highest BCUT2D eigenvalue weighted by Gasteiger charge is 2.28. The fourth-order valence-electron chi connectivity index (χ4n) is 2.08. The van der Waals surface area contributed by atoms with E-state index in [9.17, 15) is 8.42 Å². The zero-order valence-corrected chi connectivity index (χ0v) is 12.5. The largest absolute Gasteiger partial charge is 0.267 e. The van der Waals surface area contributed by atoms with Crippen molar-refractivity contribution in [1.29, 1.82) is 0 Å². The molecule has 0 amide bonds. The predicted molar refractivity (Wildman–Crippen MR) is 78.8 cm³/mol. The summed E-state index contributed by atoms with van der Waals surface area (Å²) in [5.74, 6) is 1.26. The summed E-state index contributed by atoms with van der Waals surface area (Å²) >= 11 is 0. The van der Waals surface area contributed by atoms with Crippen molar-refractivity contribution < 1.29 is 8.42 Å². The van der Waals surface area contributed by atoms with Crippen LogP contribution in [0.1, 0.15) is 37.8 Å². The Bertz CT molecular complexity index is 722. The highest BCUT2D eigenvalue weighted by atomic mass is 32.2. The summed E-state index contributed by atoms with van der Waals surface area (Å²) in [6.45, 7) is 1.83. The Morgan fingerprint density at radius 2 is 2.05 bits per heavy atom.